The Kier molecular flexibility index (Phi) is 7.88. The molecule has 0 heterocycles. The first kappa shape index (κ1) is 22.6. The van der Waals surface area contributed by atoms with Crippen molar-refractivity contribution in [1.29, 1.82) is 0 Å². The number of ether oxygens (including phenoxy) is 2. The van der Waals surface area contributed by atoms with Crippen molar-refractivity contribution in [2.45, 2.75) is 23.6 Å². The van der Waals surface area contributed by atoms with Gasteiger partial charge < -0.3 is 14.6 Å². The van der Waals surface area contributed by atoms with Gasteiger partial charge in [-0.05, 0) is 62.4 Å². The molecule has 0 saturated carbocycles. The summed E-state index contributed by atoms with van der Waals surface area (Å²) in [4.78, 5) is 13.1. The smallest absolute Gasteiger partial charge is 0.344 e. The van der Waals surface area contributed by atoms with Gasteiger partial charge in [-0.3, -0.25) is 0 Å². The lowest BCUT2D eigenvalue weighted by molar-refractivity contribution is -0.145. The van der Waals surface area contributed by atoms with E-state index in [2.05, 4.69) is 11.8 Å². The highest BCUT2D eigenvalue weighted by Gasteiger charge is 2.09. The molecular formula is C25H21ClO4S. The first-order chi connectivity index (χ1) is 14.9. The molecule has 0 radical (unpaired) electrons. The number of phenols is 1. The van der Waals surface area contributed by atoms with Crippen LogP contribution in [-0.4, -0.2) is 24.3 Å². The van der Waals surface area contributed by atoms with E-state index in [0.29, 0.717) is 22.9 Å². The first-order valence-corrected chi connectivity index (χ1v) is 10.8. The number of esters is 1. The summed E-state index contributed by atoms with van der Waals surface area (Å²) >= 11 is 7.72. The molecular weight excluding hydrogens is 432 g/mol. The van der Waals surface area contributed by atoms with E-state index in [1.54, 1.807) is 31.2 Å². The first-order valence-electron chi connectivity index (χ1n) is 9.61. The van der Waals surface area contributed by atoms with Gasteiger partial charge in [-0.25, -0.2) is 4.79 Å². The van der Waals surface area contributed by atoms with Gasteiger partial charge in [0.2, 0.25) is 0 Å². The van der Waals surface area contributed by atoms with Crippen molar-refractivity contribution in [2.24, 2.45) is 0 Å². The minimum atomic E-state index is -0.448. The van der Waals surface area contributed by atoms with Crippen LogP contribution in [0.4, 0.5) is 0 Å². The Hall–Kier alpha value is -3.07. The molecule has 0 bridgehead atoms. The third-order valence-electron chi connectivity index (χ3n) is 4.08. The molecule has 158 valence electrons. The highest BCUT2D eigenvalue weighted by molar-refractivity contribution is 7.99. The predicted molar refractivity (Wildman–Crippen MR) is 123 cm³/mol. The zero-order valence-electron chi connectivity index (χ0n) is 17.1. The number of halogens is 1. The van der Waals surface area contributed by atoms with Crippen molar-refractivity contribution in [3.05, 3.63) is 82.4 Å². The molecule has 0 fully saturated rings. The molecule has 3 aromatic carbocycles. The van der Waals surface area contributed by atoms with Crippen molar-refractivity contribution < 1.29 is 19.4 Å². The van der Waals surface area contributed by atoms with Gasteiger partial charge in [-0.15, -0.1) is 0 Å². The Morgan fingerprint density at radius 2 is 1.74 bits per heavy atom. The zero-order chi connectivity index (χ0) is 22.2. The molecule has 0 aliphatic rings. The number of benzene rings is 3. The average molecular weight is 453 g/mol. The number of carbonyl (C=O) groups is 1. The molecule has 31 heavy (non-hydrogen) atoms. The van der Waals surface area contributed by atoms with Gasteiger partial charge >= 0.3 is 5.97 Å². The van der Waals surface area contributed by atoms with Crippen LogP contribution in [0.3, 0.4) is 0 Å². The quantitative estimate of drug-likeness (QED) is 0.375. The van der Waals surface area contributed by atoms with E-state index < -0.39 is 5.97 Å². The van der Waals surface area contributed by atoms with Gasteiger partial charge in [0.25, 0.3) is 0 Å². The lowest BCUT2D eigenvalue weighted by Gasteiger charge is -2.09. The van der Waals surface area contributed by atoms with Crippen molar-refractivity contribution in [3.63, 3.8) is 0 Å². The summed E-state index contributed by atoms with van der Waals surface area (Å²) in [5, 5.41) is 10.5. The summed E-state index contributed by atoms with van der Waals surface area (Å²) in [5.74, 6) is 6.29. The molecule has 0 aliphatic heterocycles. The van der Waals surface area contributed by atoms with Crippen LogP contribution in [0.25, 0.3) is 0 Å². The maximum atomic E-state index is 11.4. The lowest BCUT2D eigenvalue weighted by Crippen LogP contribution is -2.14. The highest BCUT2D eigenvalue weighted by atomic mass is 35.5. The number of aromatic hydroxyl groups is 1. The Balaban J connectivity index is 1.72. The second-order valence-electron chi connectivity index (χ2n) is 6.62. The summed E-state index contributed by atoms with van der Waals surface area (Å²) in [5.41, 5.74) is 2.80. The molecule has 3 aromatic rings. The van der Waals surface area contributed by atoms with E-state index in [1.807, 2.05) is 43.3 Å². The van der Waals surface area contributed by atoms with E-state index in [-0.39, 0.29) is 12.4 Å². The number of hydrogen-bond donors (Lipinski definition) is 1. The number of rotatable bonds is 6. The molecule has 0 unspecified atom stereocenters. The van der Waals surface area contributed by atoms with Crippen molar-refractivity contribution in [1.82, 2.24) is 0 Å². The number of hydrogen-bond acceptors (Lipinski definition) is 5. The Labute approximate surface area is 191 Å². The predicted octanol–water partition coefficient (Wildman–Crippen LogP) is 5.85. The van der Waals surface area contributed by atoms with Crippen LogP contribution >= 0.6 is 23.4 Å². The molecule has 0 saturated heterocycles. The van der Waals surface area contributed by atoms with Crippen molar-refractivity contribution >= 4 is 29.3 Å². The molecule has 0 aromatic heterocycles. The number of carbonyl (C=O) groups excluding carboxylic acids is 1. The molecule has 0 aliphatic carbocycles. The Bertz CT molecular complexity index is 1130. The van der Waals surface area contributed by atoms with E-state index in [0.717, 1.165) is 15.4 Å². The fourth-order valence-electron chi connectivity index (χ4n) is 2.63. The molecule has 3 rings (SSSR count). The number of phenolic OH excluding ortho intramolecular Hbond substituents is 1. The normalized spacial score (nSPS) is 10.2. The third kappa shape index (κ3) is 6.99. The molecule has 0 amide bonds. The summed E-state index contributed by atoms with van der Waals surface area (Å²) in [6, 6.07) is 18.4. The molecule has 6 heteroatoms. The molecule has 0 atom stereocenters. The van der Waals surface area contributed by atoms with Gasteiger partial charge in [0, 0.05) is 20.9 Å². The van der Waals surface area contributed by atoms with Crippen LogP contribution in [-0.2, 0) is 9.53 Å². The molecule has 0 spiro atoms. The minimum absolute atomic E-state index is 0.138. The minimum Gasteiger partial charge on any atom is -0.508 e. The maximum absolute atomic E-state index is 11.4. The highest BCUT2D eigenvalue weighted by Crippen LogP contribution is 2.35. The third-order valence-corrected chi connectivity index (χ3v) is 5.34. The fourth-order valence-corrected chi connectivity index (χ4v) is 3.88. The van der Waals surface area contributed by atoms with Gasteiger partial charge in [-0.2, -0.15) is 0 Å². The van der Waals surface area contributed by atoms with Crippen molar-refractivity contribution in [3.8, 4) is 23.3 Å². The largest absolute Gasteiger partial charge is 0.508 e. The van der Waals surface area contributed by atoms with Crippen LogP contribution in [0.1, 0.15) is 23.6 Å². The van der Waals surface area contributed by atoms with Gasteiger partial charge in [0.1, 0.15) is 11.5 Å². The SMILES string of the molecule is CCOC(=O)COc1ccc(Sc2cc(O)cc(C#Cc3ccc(C)cc3)c2)cc1Cl. The Morgan fingerprint density at radius 1 is 1.00 bits per heavy atom. The molecule has 1 N–H and O–H groups in total. The molecule has 4 nitrogen and oxygen atoms in total. The summed E-state index contributed by atoms with van der Waals surface area (Å²) in [6.45, 7) is 3.86. The lowest BCUT2D eigenvalue weighted by atomic mass is 10.1. The van der Waals surface area contributed by atoms with Crippen LogP contribution in [0, 0.1) is 18.8 Å². The Morgan fingerprint density at radius 3 is 2.45 bits per heavy atom. The topological polar surface area (TPSA) is 55.8 Å². The monoisotopic (exact) mass is 452 g/mol. The average Bonchev–Trinajstić information content (AvgIpc) is 2.72. The summed E-state index contributed by atoms with van der Waals surface area (Å²) in [6.07, 6.45) is 0. The number of aryl methyl sites for hydroxylation is 1. The van der Waals surface area contributed by atoms with Crippen LogP contribution in [0.2, 0.25) is 5.02 Å². The maximum Gasteiger partial charge on any atom is 0.344 e. The zero-order valence-corrected chi connectivity index (χ0v) is 18.7. The summed E-state index contributed by atoms with van der Waals surface area (Å²) in [7, 11) is 0. The van der Waals surface area contributed by atoms with Crippen LogP contribution in [0.15, 0.2) is 70.5 Å². The van der Waals surface area contributed by atoms with Gasteiger partial charge in [-0.1, -0.05) is 52.9 Å². The van der Waals surface area contributed by atoms with E-state index in [4.69, 9.17) is 21.1 Å². The van der Waals surface area contributed by atoms with Crippen molar-refractivity contribution in [2.75, 3.05) is 13.2 Å². The second-order valence-corrected chi connectivity index (χ2v) is 8.17. The fraction of sp³-hybridized carbons (Fsp3) is 0.160. The standard InChI is InChI=1S/C25H21ClO4S/c1-3-29-25(28)16-30-24-11-10-21(15-23(24)26)31-22-13-19(12-20(27)14-22)9-8-18-6-4-17(2)5-7-18/h4-7,10-15,27H,3,16H2,1-2H3. The van der Waals surface area contributed by atoms with Gasteiger partial charge in [0.05, 0.1) is 11.6 Å². The van der Waals surface area contributed by atoms with E-state index in [9.17, 15) is 9.90 Å². The van der Waals surface area contributed by atoms with E-state index >= 15 is 0 Å². The second kappa shape index (κ2) is 10.8. The van der Waals surface area contributed by atoms with Gasteiger partial charge in [0.15, 0.2) is 6.61 Å². The summed E-state index contributed by atoms with van der Waals surface area (Å²) < 4.78 is 10.2. The van der Waals surface area contributed by atoms with Crippen LogP contribution in [0.5, 0.6) is 11.5 Å². The van der Waals surface area contributed by atoms with E-state index in [1.165, 1.54) is 17.3 Å². The van der Waals surface area contributed by atoms with Crippen LogP contribution < -0.4 is 4.74 Å².